The Morgan fingerprint density at radius 1 is 0.886 bits per heavy atom. The standard InChI is InChI=1S/C25H23N9S/c1-17(21-29-23(26)31-24(30-21)28-20-10-6-3-7-11-20)35-25-33-32-22(19-12-14-27-15-13-19)34(25)16-18-8-4-2-5-9-18/h2-15,17H,16H2,1H3,(H3,26,28,29,30,31). The Labute approximate surface area is 206 Å². The highest BCUT2D eigenvalue weighted by Crippen LogP contribution is 2.35. The van der Waals surface area contributed by atoms with E-state index in [1.807, 2.05) is 67.6 Å². The summed E-state index contributed by atoms with van der Waals surface area (Å²) in [5.74, 6) is 1.88. The van der Waals surface area contributed by atoms with Crippen molar-refractivity contribution in [1.29, 1.82) is 0 Å². The molecule has 2 aromatic carbocycles. The van der Waals surface area contributed by atoms with Crippen LogP contribution < -0.4 is 11.1 Å². The lowest BCUT2D eigenvalue weighted by Gasteiger charge is -2.14. The fourth-order valence-electron chi connectivity index (χ4n) is 3.51. The van der Waals surface area contributed by atoms with E-state index < -0.39 is 0 Å². The zero-order chi connectivity index (χ0) is 24.0. The number of rotatable bonds is 8. The molecule has 35 heavy (non-hydrogen) atoms. The fourth-order valence-corrected chi connectivity index (χ4v) is 4.40. The van der Waals surface area contributed by atoms with Crippen LogP contribution in [-0.2, 0) is 6.54 Å². The van der Waals surface area contributed by atoms with E-state index in [-0.39, 0.29) is 11.2 Å². The molecule has 0 aliphatic carbocycles. The van der Waals surface area contributed by atoms with Crippen molar-refractivity contribution >= 4 is 29.3 Å². The van der Waals surface area contributed by atoms with Crippen LogP contribution in [0, 0.1) is 0 Å². The van der Waals surface area contributed by atoms with E-state index >= 15 is 0 Å². The molecular formula is C25H23N9S. The second-order valence-electron chi connectivity index (χ2n) is 7.74. The van der Waals surface area contributed by atoms with Gasteiger partial charge in [0, 0.05) is 23.6 Å². The molecule has 5 rings (SSSR count). The molecule has 0 aliphatic rings. The average Bonchev–Trinajstić information content (AvgIpc) is 3.27. The molecule has 0 saturated carbocycles. The number of nitrogens with two attached hydrogens (primary N) is 1. The van der Waals surface area contributed by atoms with Crippen LogP contribution in [0.25, 0.3) is 11.4 Å². The first-order chi connectivity index (χ1) is 17.2. The van der Waals surface area contributed by atoms with Crippen LogP contribution in [0.5, 0.6) is 0 Å². The zero-order valence-corrected chi connectivity index (χ0v) is 19.8. The Kier molecular flexibility index (Phi) is 6.62. The largest absolute Gasteiger partial charge is 0.368 e. The van der Waals surface area contributed by atoms with Crippen LogP contribution in [0.2, 0.25) is 0 Å². The molecule has 3 aromatic heterocycles. The number of anilines is 3. The van der Waals surface area contributed by atoms with Crippen molar-refractivity contribution < 1.29 is 0 Å². The van der Waals surface area contributed by atoms with Crippen LogP contribution in [0.1, 0.15) is 23.6 Å². The van der Waals surface area contributed by atoms with Gasteiger partial charge in [-0.15, -0.1) is 10.2 Å². The van der Waals surface area contributed by atoms with Crippen molar-refractivity contribution in [1.82, 2.24) is 34.7 Å². The van der Waals surface area contributed by atoms with E-state index in [0.29, 0.717) is 18.3 Å². The van der Waals surface area contributed by atoms with Gasteiger partial charge in [-0.3, -0.25) is 9.55 Å². The lowest BCUT2D eigenvalue weighted by Crippen LogP contribution is -2.09. The van der Waals surface area contributed by atoms with E-state index in [9.17, 15) is 0 Å². The lowest BCUT2D eigenvalue weighted by molar-refractivity contribution is 0.711. The quantitative estimate of drug-likeness (QED) is 0.302. The second kappa shape index (κ2) is 10.3. The van der Waals surface area contributed by atoms with E-state index in [4.69, 9.17) is 5.73 Å². The number of aromatic nitrogens is 7. The number of thioether (sulfide) groups is 1. The Morgan fingerprint density at radius 3 is 2.34 bits per heavy atom. The van der Waals surface area contributed by atoms with E-state index in [1.165, 1.54) is 11.8 Å². The van der Waals surface area contributed by atoms with Crippen LogP contribution in [0.3, 0.4) is 0 Å². The summed E-state index contributed by atoms with van der Waals surface area (Å²) in [7, 11) is 0. The third-order valence-electron chi connectivity index (χ3n) is 5.18. The van der Waals surface area contributed by atoms with E-state index in [2.05, 4.69) is 52.1 Å². The van der Waals surface area contributed by atoms with Crippen LogP contribution in [-0.4, -0.2) is 34.7 Å². The zero-order valence-electron chi connectivity index (χ0n) is 19.0. The predicted molar refractivity (Wildman–Crippen MR) is 137 cm³/mol. The molecule has 1 unspecified atom stereocenters. The molecule has 0 bridgehead atoms. The Balaban J connectivity index is 1.44. The molecule has 174 valence electrons. The third kappa shape index (κ3) is 5.44. The summed E-state index contributed by atoms with van der Waals surface area (Å²) in [6, 6.07) is 23.8. The molecule has 0 saturated heterocycles. The molecule has 3 N–H and O–H groups in total. The highest BCUT2D eigenvalue weighted by Gasteiger charge is 2.20. The molecule has 0 radical (unpaired) electrons. The summed E-state index contributed by atoms with van der Waals surface area (Å²) in [5, 5.41) is 12.8. The van der Waals surface area contributed by atoms with Crippen molar-refractivity contribution in [3.63, 3.8) is 0 Å². The summed E-state index contributed by atoms with van der Waals surface area (Å²) < 4.78 is 2.10. The highest BCUT2D eigenvalue weighted by atomic mass is 32.2. The predicted octanol–water partition coefficient (Wildman–Crippen LogP) is 4.75. The molecule has 1 atom stereocenters. The maximum absolute atomic E-state index is 6.01. The first-order valence-corrected chi connectivity index (χ1v) is 11.9. The Bertz CT molecular complexity index is 1390. The van der Waals surface area contributed by atoms with Gasteiger partial charge in [-0.2, -0.15) is 15.0 Å². The third-order valence-corrected chi connectivity index (χ3v) is 6.26. The Morgan fingerprint density at radius 2 is 1.60 bits per heavy atom. The van der Waals surface area contributed by atoms with Gasteiger partial charge in [-0.05, 0) is 36.8 Å². The summed E-state index contributed by atoms with van der Waals surface area (Å²) >= 11 is 1.52. The molecule has 0 amide bonds. The second-order valence-corrected chi connectivity index (χ2v) is 9.05. The minimum Gasteiger partial charge on any atom is -0.368 e. The smallest absolute Gasteiger partial charge is 0.232 e. The number of nitrogens with zero attached hydrogens (tertiary/aromatic N) is 7. The molecule has 9 nitrogen and oxygen atoms in total. The van der Waals surface area contributed by atoms with Crippen molar-refractivity contribution in [2.75, 3.05) is 11.1 Å². The number of benzene rings is 2. The lowest BCUT2D eigenvalue weighted by atomic mass is 10.2. The summed E-state index contributed by atoms with van der Waals surface area (Å²) in [6.45, 7) is 2.64. The molecule has 10 heteroatoms. The summed E-state index contributed by atoms with van der Waals surface area (Å²) in [6.07, 6.45) is 3.50. The monoisotopic (exact) mass is 481 g/mol. The first-order valence-electron chi connectivity index (χ1n) is 11.0. The first kappa shape index (κ1) is 22.5. The van der Waals surface area contributed by atoms with Crippen LogP contribution in [0.4, 0.5) is 17.6 Å². The minimum absolute atomic E-state index is 0.152. The van der Waals surface area contributed by atoms with Crippen LogP contribution in [0.15, 0.2) is 90.3 Å². The summed E-state index contributed by atoms with van der Waals surface area (Å²) in [5.41, 5.74) is 8.97. The summed E-state index contributed by atoms with van der Waals surface area (Å²) in [4.78, 5) is 17.3. The molecule has 0 spiro atoms. The number of hydrogen-bond acceptors (Lipinski definition) is 9. The fraction of sp³-hybridized carbons (Fsp3) is 0.120. The number of para-hydroxylation sites is 1. The molecule has 3 heterocycles. The Hall–Kier alpha value is -4.31. The topological polar surface area (TPSA) is 120 Å². The van der Waals surface area contributed by atoms with E-state index in [0.717, 1.165) is 27.8 Å². The van der Waals surface area contributed by atoms with Gasteiger partial charge in [-0.25, -0.2) is 0 Å². The number of hydrogen-bond donors (Lipinski definition) is 2. The number of pyridine rings is 1. The number of nitrogens with one attached hydrogen (secondary N) is 1. The van der Waals surface area contributed by atoms with Crippen molar-refractivity contribution in [3.8, 4) is 11.4 Å². The van der Waals surface area contributed by atoms with Gasteiger partial charge in [0.2, 0.25) is 11.9 Å². The number of nitrogen functional groups attached to an aromatic ring is 1. The van der Waals surface area contributed by atoms with Crippen molar-refractivity contribution in [2.45, 2.75) is 23.9 Å². The average molecular weight is 482 g/mol. The van der Waals surface area contributed by atoms with Gasteiger partial charge < -0.3 is 11.1 Å². The van der Waals surface area contributed by atoms with Crippen LogP contribution >= 0.6 is 11.8 Å². The maximum Gasteiger partial charge on any atom is 0.232 e. The molecule has 5 aromatic rings. The molecular weight excluding hydrogens is 458 g/mol. The normalized spacial score (nSPS) is 11.8. The van der Waals surface area contributed by atoms with Gasteiger partial charge in [0.25, 0.3) is 0 Å². The maximum atomic E-state index is 6.01. The van der Waals surface area contributed by atoms with E-state index in [1.54, 1.807) is 12.4 Å². The van der Waals surface area contributed by atoms with Gasteiger partial charge in [-0.1, -0.05) is 60.3 Å². The van der Waals surface area contributed by atoms with Crippen molar-refractivity contribution in [3.05, 3.63) is 96.6 Å². The minimum atomic E-state index is -0.152. The van der Waals surface area contributed by atoms with Crippen molar-refractivity contribution in [2.24, 2.45) is 0 Å². The van der Waals surface area contributed by atoms with Gasteiger partial charge in [0.1, 0.15) is 5.82 Å². The van der Waals surface area contributed by atoms with Gasteiger partial charge in [0.05, 0.1) is 11.8 Å². The van der Waals surface area contributed by atoms with Gasteiger partial charge >= 0.3 is 0 Å². The molecule has 0 fully saturated rings. The highest BCUT2D eigenvalue weighted by molar-refractivity contribution is 7.99. The molecule has 0 aliphatic heterocycles. The van der Waals surface area contributed by atoms with Gasteiger partial charge in [0.15, 0.2) is 11.0 Å². The SMILES string of the molecule is CC(Sc1nnc(-c2ccncc2)n1Cc1ccccc1)c1nc(N)nc(Nc2ccccc2)n1.